The maximum Gasteiger partial charge on any atom is 0.276 e. The van der Waals surface area contributed by atoms with E-state index in [9.17, 15) is 9.18 Å². The molecule has 1 aliphatic rings. The zero-order chi connectivity index (χ0) is 19.3. The maximum atomic E-state index is 13.4. The molecule has 1 aliphatic heterocycles. The number of furan rings is 1. The van der Waals surface area contributed by atoms with Gasteiger partial charge in [0.05, 0.1) is 17.7 Å². The number of rotatable bonds is 3. The predicted octanol–water partition coefficient (Wildman–Crippen LogP) is 3.29. The van der Waals surface area contributed by atoms with Crippen LogP contribution in [0.1, 0.15) is 22.6 Å². The number of fused-ring (bicyclic) bond motifs is 2. The fourth-order valence-electron chi connectivity index (χ4n) is 3.88. The molecule has 142 valence electrons. The molecular formula is C21H19FN4O2. The van der Waals surface area contributed by atoms with E-state index in [1.165, 1.54) is 10.6 Å². The molecule has 0 radical (unpaired) electrons. The van der Waals surface area contributed by atoms with Crippen molar-refractivity contribution < 1.29 is 8.81 Å². The molecule has 0 atom stereocenters. The molecule has 5 rings (SSSR count). The molecule has 4 heterocycles. The van der Waals surface area contributed by atoms with Crippen LogP contribution in [0.2, 0.25) is 0 Å². The topological polar surface area (TPSA) is 66.5 Å². The average Bonchev–Trinajstić information content (AvgIpc) is 3.27. The quantitative estimate of drug-likeness (QED) is 0.594. The molecule has 4 aromatic rings. The van der Waals surface area contributed by atoms with Gasteiger partial charge in [0.1, 0.15) is 11.6 Å². The summed E-state index contributed by atoms with van der Waals surface area (Å²) in [6, 6.07) is 10.4. The van der Waals surface area contributed by atoms with Gasteiger partial charge in [-0.1, -0.05) is 12.1 Å². The Balaban J connectivity index is 1.49. The molecule has 0 fully saturated rings. The third-order valence-electron chi connectivity index (χ3n) is 5.29. The molecule has 0 unspecified atom stereocenters. The number of aryl methyl sites for hydroxylation is 1. The van der Waals surface area contributed by atoms with Crippen molar-refractivity contribution in [3.05, 3.63) is 81.4 Å². The average molecular weight is 378 g/mol. The lowest BCUT2D eigenvalue weighted by molar-refractivity contribution is 0.240. The lowest BCUT2D eigenvalue weighted by atomic mass is 10.1. The second-order valence-corrected chi connectivity index (χ2v) is 7.19. The number of benzene rings is 1. The Labute approximate surface area is 160 Å². The van der Waals surface area contributed by atoms with Crippen LogP contribution in [0, 0.1) is 12.7 Å². The Morgan fingerprint density at radius 1 is 1.29 bits per heavy atom. The molecule has 0 aliphatic carbocycles. The van der Waals surface area contributed by atoms with E-state index in [4.69, 9.17) is 9.40 Å². The van der Waals surface area contributed by atoms with Gasteiger partial charge in [0.2, 0.25) is 0 Å². The first kappa shape index (κ1) is 16.9. The second kappa shape index (κ2) is 6.45. The van der Waals surface area contributed by atoms with Gasteiger partial charge in [-0.25, -0.2) is 13.9 Å². The summed E-state index contributed by atoms with van der Waals surface area (Å²) in [6.07, 6.45) is 2.25. The summed E-state index contributed by atoms with van der Waals surface area (Å²) >= 11 is 0. The molecule has 0 bridgehead atoms. The van der Waals surface area contributed by atoms with Crippen molar-refractivity contribution in [2.24, 2.45) is 0 Å². The van der Waals surface area contributed by atoms with Crippen LogP contribution in [0.4, 0.5) is 4.39 Å². The molecule has 7 heteroatoms. The van der Waals surface area contributed by atoms with Crippen molar-refractivity contribution in [2.75, 3.05) is 6.54 Å². The van der Waals surface area contributed by atoms with Crippen LogP contribution in [0.3, 0.4) is 0 Å². The van der Waals surface area contributed by atoms with Crippen molar-refractivity contribution in [1.29, 1.82) is 0 Å². The van der Waals surface area contributed by atoms with Crippen LogP contribution < -0.4 is 5.56 Å². The first-order chi connectivity index (χ1) is 13.6. The molecule has 6 nitrogen and oxygen atoms in total. The van der Waals surface area contributed by atoms with Gasteiger partial charge in [-0.05, 0) is 37.1 Å². The smallest absolute Gasteiger partial charge is 0.276 e. The first-order valence-electron chi connectivity index (χ1n) is 9.23. The van der Waals surface area contributed by atoms with Gasteiger partial charge in [0.15, 0.2) is 5.65 Å². The van der Waals surface area contributed by atoms with Gasteiger partial charge >= 0.3 is 0 Å². The lowest BCUT2D eigenvalue weighted by Gasteiger charge is -2.27. The maximum absolute atomic E-state index is 13.4. The van der Waals surface area contributed by atoms with Gasteiger partial charge in [-0.15, -0.1) is 0 Å². The summed E-state index contributed by atoms with van der Waals surface area (Å²) in [5.41, 5.74) is 4.70. The van der Waals surface area contributed by atoms with E-state index in [2.05, 4.69) is 10.00 Å². The van der Waals surface area contributed by atoms with E-state index in [0.29, 0.717) is 25.2 Å². The summed E-state index contributed by atoms with van der Waals surface area (Å²) in [5.74, 6) is 0.549. The van der Waals surface area contributed by atoms with Gasteiger partial charge in [-0.3, -0.25) is 14.8 Å². The van der Waals surface area contributed by atoms with Crippen molar-refractivity contribution >= 4 is 5.65 Å². The Morgan fingerprint density at radius 2 is 2.18 bits per heavy atom. The van der Waals surface area contributed by atoms with Gasteiger partial charge in [-0.2, -0.15) is 0 Å². The van der Waals surface area contributed by atoms with Crippen LogP contribution in [0.5, 0.6) is 0 Å². The number of aromatic nitrogens is 3. The van der Waals surface area contributed by atoms with Gasteiger partial charge in [0.25, 0.3) is 5.56 Å². The summed E-state index contributed by atoms with van der Waals surface area (Å²) in [5, 5.41) is 3.14. The minimum Gasteiger partial charge on any atom is -0.469 e. The highest BCUT2D eigenvalue weighted by Crippen LogP contribution is 2.24. The number of nitrogens with one attached hydrogen (secondary N) is 1. The molecule has 0 spiro atoms. The Bertz CT molecular complexity index is 1240. The van der Waals surface area contributed by atoms with E-state index in [1.807, 2.05) is 25.1 Å². The fourth-order valence-corrected chi connectivity index (χ4v) is 3.88. The van der Waals surface area contributed by atoms with Crippen LogP contribution in [-0.2, 0) is 19.5 Å². The highest BCUT2D eigenvalue weighted by Gasteiger charge is 2.23. The van der Waals surface area contributed by atoms with Crippen LogP contribution >= 0.6 is 0 Å². The molecule has 3 aromatic heterocycles. The number of aromatic amines is 1. The van der Waals surface area contributed by atoms with E-state index >= 15 is 0 Å². The standard InChI is InChI=1S/C21H19FN4O2/c1-13-16(6-8-28-13)18-10-20-23-19-12-25(11-14-3-2-4-15(22)9-14)7-5-17(19)21(27)26(20)24-18/h2-4,6,8-10,24H,5,7,11-12H2,1H3. The molecule has 0 saturated heterocycles. The highest BCUT2D eigenvalue weighted by atomic mass is 19.1. The van der Waals surface area contributed by atoms with Crippen molar-refractivity contribution in [1.82, 2.24) is 19.5 Å². The summed E-state index contributed by atoms with van der Waals surface area (Å²) < 4.78 is 20.3. The zero-order valence-corrected chi connectivity index (χ0v) is 15.4. The number of nitrogens with zero attached hydrogens (tertiary/aromatic N) is 3. The molecular weight excluding hydrogens is 359 g/mol. The zero-order valence-electron chi connectivity index (χ0n) is 15.4. The molecule has 28 heavy (non-hydrogen) atoms. The molecule has 0 amide bonds. The SMILES string of the molecule is Cc1occc1-c1cc2nc3c(c(=O)n2[nH]1)CCN(Cc1cccc(F)c1)C3. The summed E-state index contributed by atoms with van der Waals surface area (Å²) in [4.78, 5) is 19.9. The third kappa shape index (κ3) is 2.84. The Morgan fingerprint density at radius 3 is 2.96 bits per heavy atom. The normalized spacial score (nSPS) is 14.5. The van der Waals surface area contributed by atoms with E-state index in [-0.39, 0.29) is 11.4 Å². The second-order valence-electron chi connectivity index (χ2n) is 7.19. The number of H-pyrrole nitrogens is 1. The van der Waals surface area contributed by atoms with E-state index in [0.717, 1.165) is 40.4 Å². The van der Waals surface area contributed by atoms with Gasteiger partial charge in [0, 0.05) is 36.8 Å². The van der Waals surface area contributed by atoms with E-state index < -0.39 is 0 Å². The highest BCUT2D eigenvalue weighted by molar-refractivity contribution is 5.65. The minimum absolute atomic E-state index is 0.0576. The van der Waals surface area contributed by atoms with Gasteiger partial charge < -0.3 is 4.42 Å². The summed E-state index contributed by atoms with van der Waals surface area (Å²) in [7, 11) is 0. The molecule has 0 saturated carbocycles. The number of hydrogen-bond donors (Lipinski definition) is 1. The van der Waals surface area contributed by atoms with Crippen LogP contribution in [0.25, 0.3) is 16.9 Å². The number of hydrogen-bond acceptors (Lipinski definition) is 4. The Hall–Kier alpha value is -3.19. The minimum atomic E-state index is -0.234. The van der Waals surface area contributed by atoms with Crippen molar-refractivity contribution in [3.63, 3.8) is 0 Å². The van der Waals surface area contributed by atoms with Crippen molar-refractivity contribution in [3.8, 4) is 11.3 Å². The largest absolute Gasteiger partial charge is 0.469 e. The van der Waals surface area contributed by atoms with Crippen LogP contribution in [-0.4, -0.2) is 26.0 Å². The lowest BCUT2D eigenvalue weighted by Crippen LogP contribution is -2.36. The monoisotopic (exact) mass is 378 g/mol. The first-order valence-corrected chi connectivity index (χ1v) is 9.23. The van der Waals surface area contributed by atoms with Crippen molar-refractivity contribution in [2.45, 2.75) is 26.4 Å². The molecule has 1 N–H and O–H groups in total. The Kier molecular flexibility index (Phi) is 3.91. The fraction of sp³-hybridized carbons (Fsp3) is 0.238. The van der Waals surface area contributed by atoms with E-state index in [1.54, 1.807) is 18.4 Å². The number of halogens is 1. The predicted molar refractivity (Wildman–Crippen MR) is 102 cm³/mol. The third-order valence-corrected chi connectivity index (χ3v) is 5.29. The molecule has 1 aromatic carbocycles. The summed E-state index contributed by atoms with van der Waals surface area (Å²) in [6.45, 7) is 3.82. The van der Waals surface area contributed by atoms with Crippen LogP contribution in [0.15, 0.2) is 51.9 Å².